The van der Waals surface area contributed by atoms with E-state index in [9.17, 15) is 18.2 Å². The largest absolute Gasteiger partial charge is 0.493 e. The third-order valence-electron chi connectivity index (χ3n) is 5.29. The summed E-state index contributed by atoms with van der Waals surface area (Å²) in [6, 6.07) is 23.3. The highest BCUT2D eigenvalue weighted by atomic mass is 19.4. The molecule has 1 N–H and O–H groups in total. The number of rotatable bonds is 2. The Morgan fingerprint density at radius 3 is 2.00 bits per heavy atom. The molecular formula is C25H18BF3O2. The topological polar surface area (TPSA) is 29.5 Å². The monoisotopic (exact) mass is 418 g/mol. The summed E-state index contributed by atoms with van der Waals surface area (Å²) < 4.78 is 44.9. The molecule has 0 aromatic heterocycles. The summed E-state index contributed by atoms with van der Waals surface area (Å²) in [7, 11) is -1.33. The molecule has 0 spiro atoms. The Labute approximate surface area is 179 Å². The summed E-state index contributed by atoms with van der Waals surface area (Å²) in [6.07, 6.45) is -4.44. The lowest BCUT2D eigenvalue weighted by Crippen LogP contribution is -2.28. The van der Waals surface area contributed by atoms with Crippen LogP contribution in [-0.2, 0) is 16.4 Å². The van der Waals surface area contributed by atoms with Gasteiger partial charge < -0.3 is 9.68 Å². The van der Waals surface area contributed by atoms with Crippen molar-refractivity contribution >= 4 is 12.6 Å². The number of hydrogen-bond acceptors (Lipinski definition) is 2. The van der Waals surface area contributed by atoms with Crippen LogP contribution in [0, 0.1) is 11.8 Å². The predicted octanol–water partition coefficient (Wildman–Crippen LogP) is 5.48. The normalized spacial score (nSPS) is 18.7. The van der Waals surface area contributed by atoms with Gasteiger partial charge in [0, 0.05) is 16.6 Å². The molecule has 4 rings (SSSR count). The summed E-state index contributed by atoms with van der Waals surface area (Å²) >= 11 is 0. The van der Waals surface area contributed by atoms with Crippen molar-refractivity contribution in [1.82, 2.24) is 0 Å². The second-order valence-electron chi connectivity index (χ2n) is 7.35. The molecule has 0 saturated heterocycles. The van der Waals surface area contributed by atoms with Gasteiger partial charge in [-0.25, -0.2) is 0 Å². The highest BCUT2D eigenvalue weighted by Crippen LogP contribution is 2.45. The van der Waals surface area contributed by atoms with E-state index in [0.29, 0.717) is 16.6 Å². The standard InChI is InChI=1S/C25H18BF3O2/c1-24(20-10-6-3-7-11-20)22(17-12-18-8-4-2-5-9-18)23(26(30)31-24)19-13-15-21(16-14-19)25(27,28)29/h2-11,13-16,30H,1H3. The third kappa shape index (κ3) is 4.16. The molecule has 0 saturated carbocycles. The number of alkyl halides is 3. The van der Waals surface area contributed by atoms with E-state index in [1.54, 1.807) is 6.92 Å². The maximum absolute atomic E-state index is 13.0. The highest BCUT2D eigenvalue weighted by Gasteiger charge is 2.47. The number of benzene rings is 3. The van der Waals surface area contributed by atoms with Gasteiger partial charge in [-0.15, -0.1) is 0 Å². The van der Waals surface area contributed by atoms with Crippen molar-refractivity contribution in [2.45, 2.75) is 18.7 Å². The van der Waals surface area contributed by atoms with Crippen molar-refractivity contribution in [3.8, 4) is 11.8 Å². The second kappa shape index (κ2) is 8.11. The van der Waals surface area contributed by atoms with Crippen molar-refractivity contribution in [2.24, 2.45) is 0 Å². The molecule has 0 bridgehead atoms. The van der Waals surface area contributed by atoms with Crippen LogP contribution in [0.3, 0.4) is 0 Å². The van der Waals surface area contributed by atoms with Gasteiger partial charge in [0.2, 0.25) is 0 Å². The van der Waals surface area contributed by atoms with Crippen LogP contribution in [0.25, 0.3) is 5.47 Å². The van der Waals surface area contributed by atoms with Gasteiger partial charge in [-0.05, 0) is 42.3 Å². The zero-order valence-electron chi connectivity index (χ0n) is 16.6. The van der Waals surface area contributed by atoms with Crippen molar-refractivity contribution in [2.75, 3.05) is 0 Å². The van der Waals surface area contributed by atoms with Gasteiger partial charge in [-0.3, -0.25) is 0 Å². The summed E-state index contributed by atoms with van der Waals surface area (Å²) in [4.78, 5) is 0. The lowest BCUT2D eigenvalue weighted by molar-refractivity contribution is -0.137. The first kappa shape index (κ1) is 21.0. The first-order chi connectivity index (χ1) is 14.8. The molecule has 154 valence electrons. The molecule has 1 aliphatic rings. The Bertz CT molecular complexity index is 1160. The zero-order valence-corrected chi connectivity index (χ0v) is 16.6. The molecule has 1 atom stereocenters. The fourth-order valence-corrected chi connectivity index (χ4v) is 3.66. The minimum atomic E-state index is -4.44. The lowest BCUT2D eigenvalue weighted by Gasteiger charge is -2.26. The Balaban J connectivity index is 1.88. The van der Waals surface area contributed by atoms with Crippen molar-refractivity contribution in [3.63, 3.8) is 0 Å². The molecule has 2 nitrogen and oxygen atoms in total. The first-order valence-electron chi connectivity index (χ1n) is 9.70. The molecule has 0 amide bonds. The zero-order chi connectivity index (χ0) is 22.1. The lowest BCUT2D eigenvalue weighted by atomic mass is 9.73. The van der Waals surface area contributed by atoms with E-state index in [1.165, 1.54) is 12.1 Å². The average molecular weight is 418 g/mol. The fraction of sp³-hybridized carbons (Fsp3) is 0.120. The van der Waals surface area contributed by atoms with Crippen molar-refractivity contribution < 1.29 is 22.8 Å². The van der Waals surface area contributed by atoms with Gasteiger partial charge in [0.1, 0.15) is 5.60 Å². The van der Waals surface area contributed by atoms with Crippen LogP contribution >= 0.6 is 0 Å². The van der Waals surface area contributed by atoms with Crippen molar-refractivity contribution in [3.05, 3.63) is 113 Å². The van der Waals surface area contributed by atoms with Crippen LogP contribution in [0.1, 0.15) is 29.2 Å². The van der Waals surface area contributed by atoms with E-state index in [4.69, 9.17) is 4.65 Å². The summed E-state index contributed by atoms with van der Waals surface area (Å²) in [5, 5.41) is 10.8. The summed E-state index contributed by atoms with van der Waals surface area (Å²) in [5.74, 6) is 6.22. The van der Waals surface area contributed by atoms with Gasteiger partial charge in [-0.2, -0.15) is 13.2 Å². The minimum Gasteiger partial charge on any atom is -0.423 e. The fourth-order valence-electron chi connectivity index (χ4n) is 3.66. The smallest absolute Gasteiger partial charge is 0.423 e. The molecule has 1 unspecified atom stereocenters. The molecule has 3 aromatic carbocycles. The Kier molecular flexibility index (Phi) is 5.49. The number of hydrogen-bond donors (Lipinski definition) is 1. The third-order valence-corrected chi connectivity index (χ3v) is 5.29. The van der Waals surface area contributed by atoms with E-state index >= 15 is 0 Å². The van der Waals surface area contributed by atoms with Crippen LogP contribution in [0.15, 0.2) is 90.5 Å². The maximum Gasteiger partial charge on any atom is 0.493 e. The van der Waals surface area contributed by atoms with E-state index in [1.807, 2.05) is 60.7 Å². The number of halogens is 3. The van der Waals surface area contributed by atoms with Crippen LogP contribution < -0.4 is 0 Å². The van der Waals surface area contributed by atoms with Crippen LogP contribution in [0.2, 0.25) is 0 Å². The highest BCUT2D eigenvalue weighted by molar-refractivity contribution is 6.69. The molecule has 0 radical (unpaired) electrons. The molecule has 0 fully saturated rings. The quantitative estimate of drug-likeness (QED) is 0.442. The van der Waals surface area contributed by atoms with Crippen molar-refractivity contribution in [1.29, 1.82) is 0 Å². The second-order valence-corrected chi connectivity index (χ2v) is 7.35. The van der Waals surface area contributed by atoms with Gasteiger partial charge in [0.15, 0.2) is 0 Å². The first-order valence-corrected chi connectivity index (χ1v) is 9.70. The van der Waals surface area contributed by atoms with Gasteiger partial charge in [-0.1, -0.05) is 72.5 Å². The van der Waals surface area contributed by atoms with Crippen LogP contribution in [0.5, 0.6) is 0 Å². The van der Waals surface area contributed by atoms with E-state index in [-0.39, 0.29) is 0 Å². The Hall–Kier alpha value is -3.27. The molecule has 6 heteroatoms. The average Bonchev–Trinajstić information content (AvgIpc) is 3.03. The minimum absolute atomic E-state index is 0.364. The molecule has 31 heavy (non-hydrogen) atoms. The summed E-state index contributed by atoms with van der Waals surface area (Å²) in [5.41, 5.74) is 1.05. The van der Waals surface area contributed by atoms with E-state index < -0.39 is 24.5 Å². The van der Waals surface area contributed by atoms with Gasteiger partial charge in [0.05, 0.1) is 5.56 Å². The SMILES string of the molecule is CC1(c2ccccc2)OB(O)C(c2ccc(C(F)(F)F)cc2)=C1C#Cc1ccccc1. The summed E-state index contributed by atoms with van der Waals surface area (Å²) in [6.45, 7) is 1.80. The molecule has 0 aliphatic carbocycles. The van der Waals surface area contributed by atoms with Gasteiger partial charge >= 0.3 is 13.3 Å². The Morgan fingerprint density at radius 1 is 0.839 bits per heavy atom. The Morgan fingerprint density at radius 2 is 1.42 bits per heavy atom. The molecule has 1 heterocycles. The van der Waals surface area contributed by atoms with E-state index in [2.05, 4.69) is 11.8 Å². The van der Waals surface area contributed by atoms with E-state index in [0.717, 1.165) is 23.3 Å². The van der Waals surface area contributed by atoms with Gasteiger partial charge in [0.25, 0.3) is 0 Å². The molecule has 1 aliphatic heterocycles. The predicted molar refractivity (Wildman–Crippen MR) is 115 cm³/mol. The molecule has 3 aromatic rings. The maximum atomic E-state index is 13.0. The molecular weight excluding hydrogens is 400 g/mol. The van der Waals surface area contributed by atoms with Crippen LogP contribution in [-0.4, -0.2) is 12.1 Å². The van der Waals surface area contributed by atoms with Crippen LogP contribution in [0.4, 0.5) is 13.2 Å².